The highest BCUT2D eigenvalue weighted by atomic mass is 16.4. The third-order valence-electron chi connectivity index (χ3n) is 2.76. The van der Waals surface area contributed by atoms with E-state index in [0.717, 1.165) is 19.3 Å². The second-order valence-electron chi connectivity index (χ2n) is 3.71. The van der Waals surface area contributed by atoms with Crippen molar-refractivity contribution in [3.05, 3.63) is 12.4 Å². The Morgan fingerprint density at radius 2 is 2.07 bits per heavy atom. The van der Waals surface area contributed by atoms with Crippen molar-refractivity contribution in [1.82, 2.24) is 15.0 Å². The molecule has 0 amide bonds. The Hall–Kier alpha value is -1.39. The van der Waals surface area contributed by atoms with Crippen LogP contribution in [-0.4, -0.2) is 26.1 Å². The van der Waals surface area contributed by atoms with E-state index < -0.39 is 5.97 Å². The van der Waals surface area contributed by atoms with Crippen molar-refractivity contribution in [2.24, 2.45) is 5.92 Å². The lowest BCUT2D eigenvalue weighted by molar-refractivity contribution is -0.143. The maximum atomic E-state index is 10.8. The summed E-state index contributed by atoms with van der Waals surface area (Å²) in [5, 5.41) is 17.0. The second-order valence-corrected chi connectivity index (χ2v) is 3.71. The van der Waals surface area contributed by atoms with Crippen LogP contribution in [0.5, 0.6) is 0 Å². The van der Waals surface area contributed by atoms with Crippen LogP contribution in [0.15, 0.2) is 12.4 Å². The van der Waals surface area contributed by atoms with Gasteiger partial charge in [-0.2, -0.15) is 15.0 Å². The molecule has 5 heteroatoms. The van der Waals surface area contributed by atoms with Gasteiger partial charge in [-0.15, -0.1) is 0 Å². The SMILES string of the molecule is O=C(O)C1CCCC(n2nccn2)C1. The van der Waals surface area contributed by atoms with Crippen LogP contribution in [0.2, 0.25) is 0 Å². The fraction of sp³-hybridized carbons (Fsp3) is 0.667. The smallest absolute Gasteiger partial charge is 0.306 e. The molecule has 1 N–H and O–H groups in total. The minimum absolute atomic E-state index is 0.167. The van der Waals surface area contributed by atoms with Crippen molar-refractivity contribution in [2.75, 3.05) is 0 Å². The van der Waals surface area contributed by atoms with E-state index in [9.17, 15) is 4.79 Å². The molecule has 14 heavy (non-hydrogen) atoms. The maximum absolute atomic E-state index is 10.8. The van der Waals surface area contributed by atoms with E-state index in [2.05, 4.69) is 10.2 Å². The molecule has 76 valence electrons. The predicted octanol–water partition coefficient (Wildman–Crippen LogP) is 1.09. The molecule has 0 aliphatic heterocycles. The van der Waals surface area contributed by atoms with Gasteiger partial charge in [-0.25, -0.2) is 0 Å². The first-order valence-corrected chi connectivity index (χ1v) is 4.86. The van der Waals surface area contributed by atoms with Crippen molar-refractivity contribution in [1.29, 1.82) is 0 Å². The Morgan fingerprint density at radius 1 is 1.36 bits per heavy atom. The molecule has 1 aliphatic rings. The lowest BCUT2D eigenvalue weighted by atomic mass is 9.86. The summed E-state index contributed by atoms with van der Waals surface area (Å²) >= 11 is 0. The molecule has 1 aromatic rings. The lowest BCUT2D eigenvalue weighted by Gasteiger charge is -2.25. The third kappa shape index (κ3) is 1.76. The molecule has 0 aromatic carbocycles. The minimum atomic E-state index is -0.693. The second kappa shape index (κ2) is 3.77. The van der Waals surface area contributed by atoms with Gasteiger partial charge in [0, 0.05) is 0 Å². The molecule has 0 spiro atoms. The van der Waals surface area contributed by atoms with Crippen LogP contribution in [0.3, 0.4) is 0 Å². The van der Waals surface area contributed by atoms with Crippen LogP contribution in [0.1, 0.15) is 31.7 Å². The Morgan fingerprint density at radius 3 is 2.71 bits per heavy atom. The van der Waals surface area contributed by atoms with Crippen molar-refractivity contribution in [3.63, 3.8) is 0 Å². The molecule has 1 aliphatic carbocycles. The maximum Gasteiger partial charge on any atom is 0.306 e. The summed E-state index contributed by atoms with van der Waals surface area (Å²) in [4.78, 5) is 12.5. The van der Waals surface area contributed by atoms with Gasteiger partial charge in [-0.05, 0) is 19.3 Å². The van der Waals surface area contributed by atoms with Gasteiger partial charge < -0.3 is 5.11 Å². The molecule has 1 aromatic heterocycles. The van der Waals surface area contributed by atoms with Crippen LogP contribution in [-0.2, 0) is 4.79 Å². The number of carboxylic acid groups (broad SMARTS) is 1. The predicted molar refractivity (Wildman–Crippen MR) is 48.7 cm³/mol. The summed E-state index contributed by atoms with van der Waals surface area (Å²) < 4.78 is 0. The van der Waals surface area contributed by atoms with Gasteiger partial charge in [0.1, 0.15) is 0 Å². The zero-order valence-electron chi connectivity index (χ0n) is 7.83. The van der Waals surface area contributed by atoms with E-state index in [1.54, 1.807) is 17.2 Å². The van der Waals surface area contributed by atoms with Gasteiger partial charge in [0.25, 0.3) is 0 Å². The molecule has 5 nitrogen and oxygen atoms in total. The fourth-order valence-electron chi connectivity index (χ4n) is 2.01. The first kappa shape index (κ1) is 9.18. The van der Waals surface area contributed by atoms with E-state index in [-0.39, 0.29) is 12.0 Å². The highest BCUT2D eigenvalue weighted by molar-refractivity contribution is 5.70. The summed E-state index contributed by atoms with van der Waals surface area (Å²) in [7, 11) is 0. The third-order valence-corrected chi connectivity index (χ3v) is 2.76. The van der Waals surface area contributed by atoms with Crippen LogP contribution >= 0.6 is 0 Å². The minimum Gasteiger partial charge on any atom is -0.481 e. The van der Waals surface area contributed by atoms with E-state index in [1.807, 2.05) is 0 Å². The molecular weight excluding hydrogens is 182 g/mol. The Balaban J connectivity index is 2.04. The fourth-order valence-corrected chi connectivity index (χ4v) is 2.01. The van der Waals surface area contributed by atoms with Gasteiger partial charge in [0.05, 0.1) is 24.4 Å². The number of aromatic nitrogens is 3. The van der Waals surface area contributed by atoms with Crippen molar-refractivity contribution < 1.29 is 9.90 Å². The topological polar surface area (TPSA) is 68.0 Å². The standard InChI is InChI=1S/C9H13N3O2/c13-9(14)7-2-1-3-8(6-7)12-10-4-5-11-12/h4-5,7-8H,1-3,6H2,(H,13,14). The van der Waals surface area contributed by atoms with Crippen LogP contribution in [0, 0.1) is 5.92 Å². The van der Waals surface area contributed by atoms with E-state index in [1.165, 1.54) is 0 Å². The number of nitrogens with zero attached hydrogens (tertiary/aromatic N) is 3. The highest BCUT2D eigenvalue weighted by Gasteiger charge is 2.28. The Bertz CT molecular complexity index is 310. The number of aliphatic carboxylic acids is 1. The zero-order valence-corrected chi connectivity index (χ0v) is 7.83. The number of rotatable bonds is 2. The summed E-state index contributed by atoms with van der Waals surface area (Å²) in [6.45, 7) is 0. The van der Waals surface area contributed by atoms with Crippen molar-refractivity contribution in [3.8, 4) is 0 Å². The summed E-state index contributed by atoms with van der Waals surface area (Å²) in [6, 6.07) is 0.167. The molecule has 1 heterocycles. The van der Waals surface area contributed by atoms with Gasteiger partial charge in [0.15, 0.2) is 0 Å². The number of carbonyl (C=O) groups is 1. The van der Waals surface area contributed by atoms with Crippen LogP contribution in [0.25, 0.3) is 0 Å². The summed E-state index contributed by atoms with van der Waals surface area (Å²) in [5.74, 6) is -0.915. The molecule has 2 unspecified atom stereocenters. The Labute approximate surface area is 81.7 Å². The van der Waals surface area contributed by atoms with Gasteiger partial charge >= 0.3 is 5.97 Å². The molecule has 0 bridgehead atoms. The molecule has 0 saturated heterocycles. The number of hydrogen-bond donors (Lipinski definition) is 1. The van der Waals surface area contributed by atoms with E-state index in [4.69, 9.17) is 5.11 Å². The van der Waals surface area contributed by atoms with Crippen LogP contribution in [0.4, 0.5) is 0 Å². The molecule has 1 fully saturated rings. The highest BCUT2D eigenvalue weighted by Crippen LogP contribution is 2.31. The lowest BCUT2D eigenvalue weighted by Crippen LogP contribution is -2.25. The number of hydrogen-bond acceptors (Lipinski definition) is 3. The average molecular weight is 195 g/mol. The molecule has 2 rings (SSSR count). The van der Waals surface area contributed by atoms with Gasteiger partial charge in [-0.3, -0.25) is 4.79 Å². The molecule has 2 atom stereocenters. The molecule has 0 radical (unpaired) electrons. The first-order chi connectivity index (χ1) is 6.77. The van der Waals surface area contributed by atoms with E-state index in [0.29, 0.717) is 6.42 Å². The summed E-state index contributed by atoms with van der Waals surface area (Å²) in [6.07, 6.45) is 6.63. The number of carboxylic acids is 1. The molecular formula is C9H13N3O2. The molecule has 1 saturated carbocycles. The quantitative estimate of drug-likeness (QED) is 0.767. The Kier molecular flexibility index (Phi) is 2.47. The summed E-state index contributed by atoms with van der Waals surface area (Å²) in [5.41, 5.74) is 0. The first-order valence-electron chi connectivity index (χ1n) is 4.86. The largest absolute Gasteiger partial charge is 0.481 e. The average Bonchev–Trinajstić information content (AvgIpc) is 2.71. The monoisotopic (exact) mass is 195 g/mol. The van der Waals surface area contributed by atoms with Gasteiger partial charge in [0.2, 0.25) is 0 Å². The van der Waals surface area contributed by atoms with Gasteiger partial charge in [-0.1, -0.05) is 6.42 Å². The normalized spacial score (nSPS) is 27.4. The van der Waals surface area contributed by atoms with Crippen molar-refractivity contribution in [2.45, 2.75) is 31.7 Å². The van der Waals surface area contributed by atoms with Crippen molar-refractivity contribution >= 4 is 5.97 Å². The van der Waals surface area contributed by atoms with Crippen LogP contribution < -0.4 is 0 Å². The zero-order chi connectivity index (χ0) is 9.97. The van der Waals surface area contributed by atoms with E-state index >= 15 is 0 Å².